The Morgan fingerprint density at radius 1 is 1.04 bits per heavy atom. The third kappa shape index (κ3) is 4.39. The number of fused-ring (bicyclic) bond motifs is 1. The van der Waals surface area contributed by atoms with Crippen LogP contribution in [-0.2, 0) is 6.42 Å². The third-order valence-corrected chi connectivity index (χ3v) is 3.94. The second-order valence-corrected chi connectivity index (χ2v) is 5.71. The van der Waals surface area contributed by atoms with E-state index in [1.807, 2.05) is 25.1 Å². The highest BCUT2D eigenvalue weighted by molar-refractivity contribution is 5.92. The third-order valence-electron chi connectivity index (χ3n) is 3.94. The van der Waals surface area contributed by atoms with Crippen LogP contribution >= 0.6 is 12.4 Å². The number of aryl methyl sites for hydroxylation is 2. The summed E-state index contributed by atoms with van der Waals surface area (Å²) >= 11 is 0. The van der Waals surface area contributed by atoms with Crippen LogP contribution in [0.5, 0.6) is 5.75 Å². The highest BCUT2D eigenvalue weighted by Gasteiger charge is 2.05. The Balaban J connectivity index is 0.00000208. The van der Waals surface area contributed by atoms with Gasteiger partial charge in [-0.3, -0.25) is 4.98 Å². The number of methoxy groups -OCH3 is 1. The summed E-state index contributed by atoms with van der Waals surface area (Å²) in [5.41, 5.74) is 4.52. The number of nitrogens with zero attached hydrogens (tertiary/aromatic N) is 1. The summed E-state index contributed by atoms with van der Waals surface area (Å²) in [6.45, 7) is 2.96. The Morgan fingerprint density at radius 3 is 2.58 bits per heavy atom. The van der Waals surface area contributed by atoms with Crippen LogP contribution in [0.25, 0.3) is 10.9 Å². The van der Waals surface area contributed by atoms with E-state index in [-0.39, 0.29) is 12.4 Å². The Kier molecular flexibility index (Phi) is 6.44. The Hall–Kier alpha value is -2.26. The zero-order valence-electron chi connectivity index (χ0n) is 14.1. The summed E-state index contributed by atoms with van der Waals surface area (Å²) in [6, 6.07) is 18.7. The summed E-state index contributed by atoms with van der Waals surface area (Å²) < 4.78 is 5.34. The van der Waals surface area contributed by atoms with Crippen LogP contribution in [0.1, 0.15) is 17.7 Å². The SMILES string of the molecule is COc1ccc2nc(C)cc(NCCCc3ccccc3)c2c1.Cl. The lowest BCUT2D eigenvalue weighted by Crippen LogP contribution is -2.04. The molecule has 0 aliphatic heterocycles. The van der Waals surface area contributed by atoms with Gasteiger partial charge in [-0.25, -0.2) is 0 Å². The molecule has 0 saturated carbocycles. The standard InChI is InChI=1S/C20H22N2O.ClH/c1-15-13-20(18-14-17(23-2)10-11-19(18)22-15)21-12-6-9-16-7-4-3-5-8-16;/h3-5,7-8,10-11,13-14H,6,9,12H2,1-2H3,(H,21,22);1H. The van der Waals surface area contributed by atoms with Gasteiger partial charge in [0.2, 0.25) is 0 Å². The molecule has 0 saturated heterocycles. The maximum absolute atomic E-state index is 5.34. The van der Waals surface area contributed by atoms with Crippen molar-refractivity contribution in [3.8, 4) is 5.75 Å². The molecule has 0 amide bonds. The van der Waals surface area contributed by atoms with Gasteiger partial charge in [0.25, 0.3) is 0 Å². The minimum atomic E-state index is 0. The molecule has 2 aromatic carbocycles. The highest BCUT2D eigenvalue weighted by Crippen LogP contribution is 2.27. The van der Waals surface area contributed by atoms with Gasteiger partial charge >= 0.3 is 0 Å². The van der Waals surface area contributed by atoms with Crippen molar-refractivity contribution in [3.63, 3.8) is 0 Å². The maximum Gasteiger partial charge on any atom is 0.119 e. The van der Waals surface area contributed by atoms with E-state index in [1.54, 1.807) is 7.11 Å². The van der Waals surface area contributed by atoms with Gasteiger partial charge in [0, 0.05) is 23.3 Å². The van der Waals surface area contributed by atoms with E-state index in [0.29, 0.717) is 0 Å². The smallest absolute Gasteiger partial charge is 0.119 e. The van der Waals surface area contributed by atoms with Crippen molar-refractivity contribution < 1.29 is 4.74 Å². The van der Waals surface area contributed by atoms with E-state index < -0.39 is 0 Å². The molecule has 0 aliphatic carbocycles. The first-order valence-electron chi connectivity index (χ1n) is 7.99. The number of anilines is 1. The Labute approximate surface area is 149 Å². The molecule has 3 nitrogen and oxygen atoms in total. The van der Waals surface area contributed by atoms with E-state index in [4.69, 9.17) is 4.74 Å². The normalized spacial score (nSPS) is 10.2. The van der Waals surface area contributed by atoms with Gasteiger partial charge in [0.1, 0.15) is 5.75 Å². The molecule has 1 heterocycles. The number of hydrogen-bond donors (Lipinski definition) is 1. The van der Waals surface area contributed by atoms with Gasteiger partial charge in [0.05, 0.1) is 12.6 Å². The zero-order chi connectivity index (χ0) is 16.1. The fraction of sp³-hybridized carbons (Fsp3) is 0.250. The van der Waals surface area contributed by atoms with Crippen molar-refractivity contribution in [2.75, 3.05) is 19.0 Å². The van der Waals surface area contributed by atoms with Crippen LogP contribution in [0.3, 0.4) is 0 Å². The Morgan fingerprint density at radius 2 is 1.83 bits per heavy atom. The van der Waals surface area contributed by atoms with Gasteiger partial charge in [-0.2, -0.15) is 0 Å². The number of nitrogens with one attached hydrogen (secondary N) is 1. The van der Waals surface area contributed by atoms with Crippen LogP contribution in [0.4, 0.5) is 5.69 Å². The lowest BCUT2D eigenvalue weighted by molar-refractivity contribution is 0.415. The van der Waals surface area contributed by atoms with Crippen molar-refractivity contribution in [2.24, 2.45) is 0 Å². The largest absolute Gasteiger partial charge is 0.497 e. The molecule has 0 bridgehead atoms. The van der Waals surface area contributed by atoms with Crippen molar-refractivity contribution in [1.82, 2.24) is 4.98 Å². The molecule has 0 aliphatic rings. The molecule has 126 valence electrons. The van der Waals surface area contributed by atoms with Crippen molar-refractivity contribution in [3.05, 3.63) is 65.9 Å². The molecule has 3 aromatic rings. The molecule has 0 atom stereocenters. The predicted molar refractivity (Wildman–Crippen MR) is 104 cm³/mol. The molecule has 1 aromatic heterocycles. The molecule has 4 heteroatoms. The van der Waals surface area contributed by atoms with Crippen molar-refractivity contribution in [1.29, 1.82) is 0 Å². The first-order valence-corrected chi connectivity index (χ1v) is 7.99. The molecule has 3 rings (SSSR count). The monoisotopic (exact) mass is 342 g/mol. The molecule has 0 unspecified atom stereocenters. The topological polar surface area (TPSA) is 34.1 Å². The molecule has 0 spiro atoms. The Bertz CT molecular complexity index is 790. The van der Waals surface area contributed by atoms with E-state index in [0.717, 1.165) is 47.4 Å². The summed E-state index contributed by atoms with van der Waals surface area (Å²) in [5, 5.41) is 4.66. The molecular formula is C20H23ClN2O. The van der Waals surface area contributed by atoms with Gasteiger partial charge in [-0.15, -0.1) is 12.4 Å². The zero-order valence-corrected chi connectivity index (χ0v) is 14.9. The number of hydrogen-bond acceptors (Lipinski definition) is 3. The van der Waals surface area contributed by atoms with E-state index in [9.17, 15) is 0 Å². The summed E-state index contributed by atoms with van der Waals surface area (Å²) in [5.74, 6) is 0.857. The van der Waals surface area contributed by atoms with Crippen LogP contribution in [0, 0.1) is 6.92 Å². The number of halogens is 1. The van der Waals surface area contributed by atoms with Crippen LogP contribution in [0.2, 0.25) is 0 Å². The number of benzene rings is 2. The van der Waals surface area contributed by atoms with Crippen molar-refractivity contribution in [2.45, 2.75) is 19.8 Å². The number of rotatable bonds is 6. The van der Waals surface area contributed by atoms with Crippen LogP contribution < -0.4 is 10.1 Å². The molecule has 1 N–H and O–H groups in total. The summed E-state index contributed by atoms with van der Waals surface area (Å²) in [7, 11) is 1.69. The molecule has 0 fully saturated rings. The predicted octanol–water partition coefficient (Wildman–Crippen LogP) is 5.02. The van der Waals surface area contributed by atoms with Gasteiger partial charge in [-0.05, 0) is 49.6 Å². The van der Waals surface area contributed by atoms with Crippen LogP contribution in [0.15, 0.2) is 54.6 Å². The molecule has 0 radical (unpaired) electrons. The molecule has 24 heavy (non-hydrogen) atoms. The first kappa shape index (κ1) is 18.1. The second-order valence-electron chi connectivity index (χ2n) is 5.71. The fourth-order valence-electron chi connectivity index (χ4n) is 2.77. The van der Waals surface area contributed by atoms with Gasteiger partial charge < -0.3 is 10.1 Å². The van der Waals surface area contributed by atoms with E-state index in [1.165, 1.54) is 5.56 Å². The number of ether oxygens (including phenoxy) is 1. The van der Waals surface area contributed by atoms with Gasteiger partial charge in [-0.1, -0.05) is 30.3 Å². The lowest BCUT2D eigenvalue weighted by atomic mass is 10.1. The number of aromatic nitrogens is 1. The van der Waals surface area contributed by atoms with Gasteiger partial charge in [0.15, 0.2) is 0 Å². The maximum atomic E-state index is 5.34. The fourth-order valence-corrected chi connectivity index (χ4v) is 2.77. The summed E-state index contributed by atoms with van der Waals surface area (Å²) in [4.78, 5) is 4.59. The van der Waals surface area contributed by atoms with E-state index in [2.05, 4.69) is 46.7 Å². The number of pyridine rings is 1. The minimum absolute atomic E-state index is 0. The summed E-state index contributed by atoms with van der Waals surface area (Å²) in [6.07, 6.45) is 2.18. The van der Waals surface area contributed by atoms with E-state index >= 15 is 0 Å². The second kappa shape index (κ2) is 8.55. The average molecular weight is 343 g/mol. The highest BCUT2D eigenvalue weighted by atomic mass is 35.5. The quantitative estimate of drug-likeness (QED) is 0.639. The van der Waals surface area contributed by atoms with Crippen LogP contribution in [-0.4, -0.2) is 18.6 Å². The minimum Gasteiger partial charge on any atom is -0.497 e. The first-order chi connectivity index (χ1) is 11.3. The lowest BCUT2D eigenvalue weighted by Gasteiger charge is -2.12. The van der Waals surface area contributed by atoms with Crippen molar-refractivity contribution >= 4 is 29.0 Å². The molecular weight excluding hydrogens is 320 g/mol. The average Bonchev–Trinajstić information content (AvgIpc) is 2.59.